The van der Waals surface area contributed by atoms with E-state index >= 15 is 0 Å². The van der Waals surface area contributed by atoms with Gasteiger partial charge in [-0.25, -0.2) is 4.79 Å². The fourth-order valence-electron chi connectivity index (χ4n) is 1.46. The van der Waals surface area contributed by atoms with Crippen LogP contribution >= 0.6 is 0 Å². The van der Waals surface area contributed by atoms with Crippen molar-refractivity contribution in [3.63, 3.8) is 0 Å². The quantitative estimate of drug-likeness (QED) is 0.764. The first-order chi connectivity index (χ1) is 8.16. The smallest absolute Gasteiger partial charge is 0.343 e. The van der Waals surface area contributed by atoms with Crippen LogP contribution < -0.4 is 0 Å². The van der Waals surface area contributed by atoms with Crippen LogP contribution in [0.1, 0.15) is 16.8 Å². The molecular weight excluding hydrogens is 220 g/mol. The molecule has 2 rings (SSSR count). The minimum Gasteiger partial charge on any atom is -0.509 e. The largest absolute Gasteiger partial charge is 0.509 e. The molecular formula is C13H12O4. The van der Waals surface area contributed by atoms with Crippen LogP contribution in [0.3, 0.4) is 0 Å². The van der Waals surface area contributed by atoms with E-state index in [0.29, 0.717) is 5.56 Å². The number of benzene rings is 1. The molecule has 1 unspecified atom stereocenters. The molecule has 0 aromatic heterocycles. The molecule has 1 aliphatic carbocycles. The number of carbonyl (C=O) groups is 1. The number of hydrogen-bond acceptors (Lipinski definition) is 4. The SMILES string of the molecule is O=C(OC1=CCC(O)C(O)=C1)c1ccccc1. The average Bonchev–Trinajstić information content (AvgIpc) is 2.35. The lowest BCUT2D eigenvalue weighted by Gasteiger charge is -2.14. The highest BCUT2D eigenvalue weighted by molar-refractivity contribution is 5.90. The number of aliphatic hydroxyl groups is 2. The molecule has 4 heteroatoms. The van der Waals surface area contributed by atoms with Gasteiger partial charge in [0.05, 0.1) is 5.56 Å². The second-order valence-corrected chi connectivity index (χ2v) is 3.68. The van der Waals surface area contributed by atoms with Gasteiger partial charge in [-0.15, -0.1) is 0 Å². The maximum Gasteiger partial charge on any atom is 0.343 e. The van der Waals surface area contributed by atoms with Gasteiger partial charge in [-0.05, 0) is 18.2 Å². The molecule has 0 aliphatic heterocycles. The van der Waals surface area contributed by atoms with Crippen LogP contribution in [0.2, 0.25) is 0 Å². The maximum absolute atomic E-state index is 11.7. The Bertz CT molecular complexity index is 473. The van der Waals surface area contributed by atoms with E-state index in [1.807, 2.05) is 0 Å². The van der Waals surface area contributed by atoms with Gasteiger partial charge in [0.2, 0.25) is 0 Å². The Kier molecular flexibility index (Phi) is 3.25. The molecule has 2 N–H and O–H groups in total. The second kappa shape index (κ2) is 4.84. The van der Waals surface area contributed by atoms with E-state index in [1.165, 1.54) is 6.08 Å². The molecule has 1 atom stereocenters. The van der Waals surface area contributed by atoms with Crippen molar-refractivity contribution >= 4 is 5.97 Å². The molecule has 4 nitrogen and oxygen atoms in total. The molecule has 1 aromatic rings. The van der Waals surface area contributed by atoms with Crippen LogP contribution in [0.15, 0.2) is 54.0 Å². The van der Waals surface area contributed by atoms with Crippen LogP contribution in [0.25, 0.3) is 0 Å². The Hall–Kier alpha value is -2.07. The highest BCUT2D eigenvalue weighted by Crippen LogP contribution is 2.18. The Morgan fingerprint density at radius 2 is 2.00 bits per heavy atom. The molecule has 0 spiro atoms. The third-order valence-corrected chi connectivity index (χ3v) is 2.39. The molecule has 0 saturated carbocycles. The lowest BCUT2D eigenvalue weighted by atomic mass is 10.1. The van der Waals surface area contributed by atoms with Crippen LogP contribution in [-0.4, -0.2) is 22.3 Å². The number of hydrogen-bond donors (Lipinski definition) is 2. The number of allylic oxidation sites excluding steroid dienone is 1. The summed E-state index contributed by atoms with van der Waals surface area (Å²) in [4.78, 5) is 11.7. The number of rotatable bonds is 2. The van der Waals surface area contributed by atoms with Crippen molar-refractivity contribution in [3.05, 3.63) is 59.6 Å². The lowest BCUT2D eigenvalue weighted by molar-refractivity contribution is 0.0625. The molecule has 1 aliphatic rings. The lowest BCUT2D eigenvalue weighted by Crippen LogP contribution is -2.14. The van der Waals surface area contributed by atoms with Gasteiger partial charge in [0, 0.05) is 12.5 Å². The molecule has 88 valence electrons. The summed E-state index contributed by atoms with van der Waals surface area (Å²) in [5.74, 6) is -0.428. The van der Waals surface area contributed by atoms with Gasteiger partial charge >= 0.3 is 5.97 Å². The Balaban J connectivity index is 2.06. The Labute approximate surface area is 98.5 Å². The van der Waals surface area contributed by atoms with E-state index in [2.05, 4.69) is 0 Å². The zero-order valence-corrected chi connectivity index (χ0v) is 9.04. The van der Waals surface area contributed by atoms with Gasteiger partial charge in [0.15, 0.2) is 0 Å². The first-order valence-electron chi connectivity index (χ1n) is 5.23. The first kappa shape index (κ1) is 11.4. The second-order valence-electron chi connectivity index (χ2n) is 3.68. The number of ether oxygens (including phenoxy) is 1. The van der Waals surface area contributed by atoms with Crippen molar-refractivity contribution in [3.8, 4) is 0 Å². The van der Waals surface area contributed by atoms with Crippen molar-refractivity contribution in [2.45, 2.75) is 12.5 Å². The van der Waals surface area contributed by atoms with Gasteiger partial charge in [0.1, 0.15) is 17.6 Å². The highest BCUT2D eigenvalue weighted by Gasteiger charge is 2.17. The zero-order valence-electron chi connectivity index (χ0n) is 9.04. The van der Waals surface area contributed by atoms with Gasteiger partial charge in [-0.1, -0.05) is 18.2 Å². The first-order valence-corrected chi connectivity index (χ1v) is 5.23. The summed E-state index contributed by atoms with van der Waals surface area (Å²) in [6, 6.07) is 8.57. The summed E-state index contributed by atoms with van der Waals surface area (Å²) < 4.78 is 5.07. The van der Waals surface area contributed by atoms with Gasteiger partial charge < -0.3 is 14.9 Å². The zero-order chi connectivity index (χ0) is 12.3. The van der Waals surface area contributed by atoms with Gasteiger partial charge in [-0.3, -0.25) is 0 Å². The number of carbonyl (C=O) groups excluding carboxylic acids is 1. The molecule has 0 bridgehead atoms. The Morgan fingerprint density at radius 3 is 2.65 bits per heavy atom. The third kappa shape index (κ3) is 2.73. The minimum absolute atomic E-state index is 0.191. The molecule has 1 aromatic carbocycles. The third-order valence-electron chi connectivity index (χ3n) is 2.39. The Morgan fingerprint density at radius 1 is 1.29 bits per heavy atom. The van der Waals surface area contributed by atoms with Gasteiger partial charge in [-0.2, -0.15) is 0 Å². The standard InChI is InChI=1S/C13H12O4/c14-11-7-6-10(8-12(11)15)17-13(16)9-4-2-1-3-5-9/h1-6,8,11,14-15H,7H2. The minimum atomic E-state index is -0.908. The number of esters is 1. The summed E-state index contributed by atoms with van der Waals surface area (Å²) in [7, 11) is 0. The van der Waals surface area contributed by atoms with Crippen LogP contribution in [0.4, 0.5) is 0 Å². The van der Waals surface area contributed by atoms with E-state index < -0.39 is 12.1 Å². The van der Waals surface area contributed by atoms with Crippen LogP contribution in [0, 0.1) is 0 Å². The fourth-order valence-corrected chi connectivity index (χ4v) is 1.46. The molecule has 17 heavy (non-hydrogen) atoms. The number of aliphatic hydroxyl groups excluding tert-OH is 2. The molecule has 0 fully saturated rings. The van der Waals surface area contributed by atoms with Crippen molar-refractivity contribution in [2.75, 3.05) is 0 Å². The van der Waals surface area contributed by atoms with Crippen molar-refractivity contribution in [2.24, 2.45) is 0 Å². The summed E-state index contributed by atoms with van der Waals surface area (Å²) >= 11 is 0. The summed E-state index contributed by atoms with van der Waals surface area (Å²) in [5.41, 5.74) is 0.437. The maximum atomic E-state index is 11.7. The van der Waals surface area contributed by atoms with Crippen LogP contribution in [0.5, 0.6) is 0 Å². The van der Waals surface area contributed by atoms with Crippen molar-refractivity contribution < 1.29 is 19.7 Å². The summed E-state index contributed by atoms with van der Waals surface area (Å²) in [6.45, 7) is 0. The predicted molar refractivity (Wildman–Crippen MR) is 61.3 cm³/mol. The molecule has 0 heterocycles. The van der Waals surface area contributed by atoms with E-state index in [0.717, 1.165) is 0 Å². The average molecular weight is 232 g/mol. The van der Waals surface area contributed by atoms with Crippen LogP contribution in [-0.2, 0) is 4.74 Å². The van der Waals surface area contributed by atoms with E-state index in [1.54, 1.807) is 36.4 Å². The fraction of sp³-hybridized carbons (Fsp3) is 0.154. The van der Waals surface area contributed by atoms with E-state index in [9.17, 15) is 15.0 Å². The summed E-state index contributed by atoms with van der Waals surface area (Å²) in [5, 5.41) is 18.6. The van der Waals surface area contributed by atoms with Crippen molar-refractivity contribution in [1.29, 1.82) is 0 Å². The molecule has 0 radical (unpaired) electrons. The normalized spacial score (nSPS) is 19.2. The highest BCUT2D eigenvalue weighted by atomic mass is 16.5. The van der Waals surface area contributed by atoms with Crippen molar-refractivity contribution in [1.82, 2.24) is 0 Å². The van der Waals surface area contributed by atoms with Gasteiger partial charge in [0.25, 0.3) is 0 Å². The molecule has 0 amide bonds. The van der Waals surface area contributed by atoms with E-state index in [-0.39, 0.29) is 17.9 Å². The topological polar surface area (TPSA) is 66.8 Å². The van der Waals surface area contributed by atoms with E-state index in [4.69, 9.17) is 4.74 Å². The monoisotopic (exact) mass is 232 g/mol. The predicted octanol–water partition coefficient (Wildman–Crippen LogP) is 1.93. The molecule has 0 saturated heterocycles. The summed E-state index contributed by atoms with van der Waals surface area (Å²) in [6.07, 6.45) is 2.13.